The fourth-order valence-electron chi connectivity index (χ4n) is 1.48. The van der Waals surface area contributed by atoms with E-state index in [0.29, 0.717) is 0 Å². The van der Waals surface area contributed by atoms with Gasteiger partial charge in [-0.2, -0.15) is 16.4 Å². The topological polar surface area (TPSA) is 69.6 Å². The van der Waals surface area contributed by atoms with E-state index in [-0.39, 0.29) is 6.04 Å². The highest BCUT2D eigenvalue weighted by Crippen LogP contribution is 2.14. The van der Waals surface area contributed by atoms with Crippen LogP contribution in [-0.2, 0) is 5.75 Å². The lowest BCUT2D eigenvalue weighted by atomic mass is 10.3. The van der Waals surface area contributed by atoms with Crippen LogP contribution in [0.3, 0.4) is 0 Å². The molecule has 0 bridgehead atoms. The van der Waals surface area contributed by atoms with Gasteiger partial charge >= 0.3 is 0 Å². The third-order valence-corrected chi connectivity index (χ3v) is 3.75. The number of tetrazole rings is 1. The molecule has 2 N–H and O–H groups in total. The summed E-state index contributed by atoms with van der Waals surface area (Å²) in [5.74, 6) is 2.56. The lowest BCUT2D eigenvalue weighted by Gasteiger charge is -2.08. The van der Waals surface area contributed by atoms with Crippen molar-refractivity contribution in [2.75, 3.05) is 5.75 Å². The summed E-state index contributed by atoms with van der Waals surface area (Å²) in [5, 5.41) is 11.8. The molecule has 2 rings (SSSR count). The molecule has 0 fully saturated rings. The Morgan fingerprint density at radius 1 is 1.33 bits per heavy atom. The van der Waals surface area contributed by atoms with E-state index in [9.17, 15) is 0 Å². The maximum Gasteiger partial charge on any atom is 0.166 e. The van der Waals surface area contributed by atoms with Crippen molar-refractivity contribution >= 4 is 11.8 Å². The molecule has 0 amide bonds. The highest BCUT2D eigenvalue weighted by Gasteiger charge is 2.08. The van der Waals surface area contributed by atoms with Gasteiger partial charge < -0.3 is 5.73 Å². The van der Waals surface area contributed by atoms with Gasteiger partial charge in [0.15, 0.2) is 5.82 Å². The average Bonchev–Trinajstić information content (AvgIpc) is 2.88. The Kier molecular flexibility index (Phi) is 4.72. The van der Waals surface area contributed by atoms with Crippen LogP contribution in [-0.4, -0.2) is 32.0 Å². The Morgan fingerprint density at radius 3 is 2.83 bits per heavy atom. The summed E-state index contributed by atoms with van der Waals surface area (Å²) in [6.45, 7) is 2.10. The van der Waals surface area contributed by atoms with Gasteiger partial charge in [0.2, 0.25) is 0 Å². The maximum absolute atomic E-state index is 5.88. The number of nitrogens with zero attached hydrogens (tertiary/aromatic N) is 4. The van der Waals surface area contributed by atoms with E-state index in [4.69, 9.17) is 5.73 Å². The minimum Gasteiger partial charge on any atom is -0.327 e. The van der Waals surface area contributed by atoms with Crippen LogP contribution in [0.2, 0.25) is 0 Å². The van der Waals surface area contributed by atoms with Crippen molar-refractivity contribution in [2.45, 2.75) is 25.1 Å². The minimum absolute atomic E-state index is 0.246. The SMILES string of the molecule is CCC(N)CSCc1nnnn1-c1ccccc1. The average molecular weight is 263 g/mol. The predicted molar refractivity (Wildman–Crippen MR) is 73.6 cm³/mol. The molecule has 0 radical (unpaired) electrons. The summed E-state index contributed by atoms with van der Waals surface area (Å²) >= 11 is 1.76. The first-order valence-corrected chi connectivity index (χ1v) is 7.12. The molecule has 0 aliphatic rings. The van der Waals surface area contributed by atoms with Crippen LogP contribution in [0.15, 0.2) is 30.3 Å². The third-order valence-electron chi connectivity index (χ3n) is 2.62. The largest absolute Gasteiger partial charge is 0.327 e. The lowest BCUT2D eigenvalue weighted by Crippen LogP contribution is -2.21. The molecule has 1 unspecified atom stereocenters. The van der Waals surface area contributed by atoms with Crippen molar-refractivity contribution in [1.29, 1.82) is 0 Å². The predicted octanol–water partition coefficient (Wildman–Crippen LogP) is 1.63. The zero-order valence-corrected chi connectivity index (χ0v) is 11.2. The molecule has 0 spiro atoms. The van der Waals surface area contributed by atoms with E-state index < -0.39 is 0 Å². The van der Waals surface area contributed by atoms with Gasteiger partial charge in [-0.05, 0) is 29.0 Å². The van der Waals surface area contributed by atoms with Crippen molar-refractivity contribution in [3.05, 3.63) is 36.2 Å². The van der Waals surface area contributed by atoms with Crippen LogP contribution in [0.4, 0.5) is 0 Å². The summed E-state index contributed by atoms with van der Waals surface area (Å²) in [5.41, 5.74) is 6.87. The van der Waals surface area contributed by atoms with Gasteiger partial charge in [0.1, 0.15) is 0 Å². The first-order chi connectivity index (χ1) is 8.81. The molecule has 0 saturated heterocycles. The van der Waals surface area contributed by atoms with E-state index in [0.717, 1.165) is 29.4 Å². The van der Waals surface area contributed by atoms with E-state index in [1.165, 1.54) is 0 Å². The number of hydrogen-bond donors (Lipinski definition) is 1. The fourth-order valence-corrected chi connectivity index (χ4v) is 2.50. The first kappa shape index (κ1) is 13.0. The zero-order chi connectivity index (χ0) is 12.8. The van der Waals surface area contributed by atoms with Crippen molar-refractivity contribution < 1.29 is 0 Å². The second kappa shape index (κ2) is 6.51. The number of thioether (sulfide) groups is 1. The lowest BCUT2D eigenvalue weighted by molar-refractivity contribution is 0.724. The molecule has 18 heavy (non-hydrogen) atoms. The molecule has 2 aromatic rings. The Balaban J connectivity index is 2.00. The van der Waals surface area contributed by atoms with Crippen LogP contribution in [0, 0.1) is 0 Å². The summed E-state index contributed by atoms with van der Waals surface area (Å²) in [4.78, 5) is 0. The van der Waals surface area contributed by atoms with Gasteiger partial charge in [0.25, 0.3) is 0 Å². The van der Waals surface area contributed by atoms with Crippen molar-refractivity contribution in [2.24, 2.45) is 5.73 Å². The van der Waals surface area contributed by atoms with Gasteiger partial charge in [0, 0.05) is 11.8 Å². The summed E-state index contributed by atoms with van der Waals surface area (Å²) < 4.78 is 1.77. The van der Waals surface area contributed by atoms with E-state index in [1.54, 1.807) is 16.4 Å². The van der Waals surface area contributed by atoms with Gasteiger partial charge in [-0.15, -0.1) is 5.10 Å². The number of aromatic nitrogens is 4. The molecular weight excluding hydrogens is 246 g/mol. The molecule has 6 heteroatoms. The van der Waals surface area contributed by atoms with Crippen LogP contribution < -0.4 is 5.73 Å². The molecule has 96 valence electrons. The second-order valence-electron chi connectivity index (χ2n) is 4.03. The van der Waals surface area contributed by atoms with Gasteiger partial charge in [-0.25, -0.2) is 0 Å². The quantitative estimate of drug-likeness (QED) is 0.858. The van der Waals surface area contributed by atoms with Crippen LogP contribution in [0.5, 0.6) is 0 Å². The molecule has 5 nitrogen and oxygen atoms in total. The summed E-state index contributed by atoms with van der Waals surface area (Å²) in [7, 11) is 0. The normalized spacial score (nSPS) is 12.6. The van der Waals surface area contributed by atoms with Crippen molar-refractivity contribution in [3.63, 3.8) is 0 Å². The monoisotopic (exact) mass is 263 g/mol. The van der Waals surface area contributed by atoms with E-state index >= 15 is 0 Å². The van der Waals surface area contributed by atoms with Crippen molar-refractivity contribution in [3.8, 4) is 5.69 Å². The molecule has 0 saturated carbocycles. The Labute approximate surface area is 111 Å². The van der Waals surface area contributed by atoms with E-state index in [1.807, 2.05) is 30.3 Å². The number of para-hydroxylation sites is 1. The zero-order valence-electron chi connectivity index (χ0n) is 10.4. The molecule has 1 aromatic carbocycles. The molecule has 1 aromatic heterocycles. The van der Waals surface area contributed by atoms with Crippen LogP contribution in [0.1, 0.15) is 19.2 Å². The highest BCUT2D eigenvalue weighted by molar-refractivity contribution is 7.98. The van der Waals surface area contributed by atoms with Gasteiger partial charge in [-0.1, -0.05) is 25.1 Å². The Morgan fingerprint density at radius 2 is 2.11 bits per heavy atom. The molecular formula is C12H17N5S. The number of benzene rings is 1. The number of hydrogen-bond acceptors (Lipinski definition) is 5. The first-order valence-electron chi connectivity index (χ1n) is 5.97. The van der Waals surface area contributed by atoms with Crippen LogP contribution >= 0.6 is 11.8 Å². The number of rotatable bonds is 6. The van der Waals surface area contributed by atoms with E-state index in [2.05, 4.69) is 22.4 Å². The molecule has 0 aliphatic heterocycles. The summed E-state index contributed by atoms with van der Waals surface area (Å²) in [6.07, 6.45) is 0.997. The second-order valence-corrected chi connectivity index (χ2v) is 5.06. The fraction of sp³-hybridized carbons (Fsp3) is 0.417. The number of nitrogens with two attached hydrogens (primary N) is 1. The smallest absolute Gasteiger partial charge is 0.166 e. The summed E-state index contributed by atoms with van der Waals surface area (Å²) in [6, 6.07) is 10.1. The van der Waals surface area contributed by atoms with Gasteiger partial charge in [0.05, 0.1) is 11.4 Å². The standard InChI is InChI=1S/C12H17N5S/c1-2-10(13)8-18-9-12-14-15-16-17(12)11-6-4-3-5-7-11/h3-7,10H,2,8-9,13H2,1H3. The Bertz CT molecular complexity index is 470. The maximum atomic E-state index is 5.88. The third kappa shape index (κ3) is 3.30. The molecule has 1 atom stereocenters. The molecule has 1 heterocycles. The van der Waals surface area contributed by atoms with Crippen molar-refractivity contribution in [1.82, 2.24) is 20.2 Å². The van der Waals surface area contributed by atoms with Crippen LogP contribution in [0.25, 0.3) is 5.69 Å². The Hall–Kier alpha value is -1.40. The molecule has 0 aliphatic carbocycles. The van der Waals surface area contributed by atoms with Gasteiger partial charge in [-0.3, -0.25) is 0 Å². The minimum atomic E-state index is 0.246. The highest BCUT2D eigenvalue weighted by atomic mass is 32.2.